The van der Waals surface area contributed by atoms with Crippen LogP contribution < -0.4 is 10.9 Å². The first-order valence-corrected chi connectivity index (χ1v) is 7.63. The van der Waals surface area contributed by atoms with Gasteiger partial charge in [0.2, 0.25) is 0 Å². The van der Waals surface area contributed by atoms with Crippen LogP contribution in [0.15, 0.2) is 23.1 Å². The Morgan fingerprint density at radius 3 is 2.86 bits per heavy atom. The van der Waals surface area contributed by atoms with Gasteiger partial charge < -0.3 is 15.0 Å². The second-order valence-electron chi connectivity index (χ2n) is 5.93. The van der Waals surface area contributed by atoms with Crippen LogP contribution in [-0.2, 0) is 9.53 Å². The normalized spacial score (nSPS) is 24.5. The lowest BCUT2D eigenvalue weighted by atomic mass is 9.78. The van der Waals surface area contributed by atoms with E-state index < -0.39 is 11.5 Å². The highest BCUT2D eigenvalue weighted by atomic mass is 16.5. The first-order chi connectivity index (χ1) is 10.5. The van der Waals surface area contributed by atoms with Crippen LogP contribution in [0, 0.1) is 11.8 Å². The number of amides is 1. The molecule has 6 heteroatoms. The van der Waals surface area contributed by atoms with Crippen LogP contribution in [0.5, 0.6) is 0 Å². The predicted octanol–water partition coefficient (Wildman–Crippen LogP) is 1.47. The zero-order chi connectivity index (χ0) is 16.1. The zero-order valence-corrected chi connectivity index (χ0v) is 12.9. The molecule has 1 aromatic rings. The van der Waals surface area contributed by atoms with Crippen molar-refractivity contribution in [3.8, 4) is 0 Å². The van der Waals surface area contributed by atoms with Gasteiger partial charge in [0.05, 0.1) is 0 Å². The molecule has 1 heterocycles. The van der Waals surface area contributed by atoms with Crippen molar-refractivity contribution in [2.24, 2.45) is 11.8 Å². The summed E-state index contributed by atoms with van der Waals surface area (Å²) in [5.41, 5.74) is -0.627. The van der Waals surface area contributed by atoms with Crippen molar-refractivity contribution in [3.63, 3.8) is 0 Å². The van der Waals surface area contributed by atoms with Crippen LogP contribution in [0.1, 0.15) is 43.5 Å². The fourth-order valence-corrected chi connectivity index (χ4v) is 2.83. The van der Waals surface area contributed by atoms with E-state index >= 15 is 0 Å². The predicted molar refractivity (Wildman–Crippen MR) is 81.5 cm³/mol. The van der Waals surface area contributed by atoms with Crippen LogP contribution in [0.25, 0.3) is 0 Å². The number of carbonyl (C=O) groups is 2. The quantitative estimate of drug-likeness (QED) is 0.825. The molecule has 0 aromatic carbocycles. The summed E-state index contributed by atoms with van der Waals surface area (Å²) in [7, 11) is 0. The maximum Gasteiger partial charge on any atom is 0.344 e. The molecule has 0 spiro atoms. The summed E-state index contributed by atoms with van der Waals surface area (Å²) in [6, 6.07) is 3.02. The lowest BCUT2D eigenvalue weighted by Crippen LogP contribution is -2.45. The fourth-order valence-electron chi connectivity index (χ4n) is 2.83. The molecule has 6 nitrogen and oxygen atoms in total. The second-order valence-corrected chi connectivity index (χ2v) is 5.93. The van der Waals surface area contributed by atoms with E-state index in [4.69, 9.17) is 4.74 Å². The van der Waals surface area contributed by atoms with Gasteiger partial charge in [0.25, 0.3) is 11.5 Å². The number of ether oxygens (including phenoxy) is 1. The van der Waals surface area contributed by atoms with Crippen molar-refractivity contribution in [1.82, 2.24) is 10.3 Å². The summed E-state index contributed by atoms with van der Waals surface area (Å²) in [5.74, 6) is -0.136. The summed E-state index contributed by atoms with van der Waals surface area (Å²) >= 11 is 0. The van der Waals surface area contributed by atoms with E-state index in [0.717, 1.165) is 12.8 Å². The van der Waals surface area contributed by atoms with E-state index in [-0.39, 0.29) is 24.1 Å². The Bertz CT molecular complexity index is 596. The molecule has 22 heavy (non-hydrogen) atoms. The van der Waals surface area contributed by atoms with Gasteiger partial charge in [0.15, 0.2) is 6.61 Å². The van der Waals surface area contributed by atoms with Crippen molar-refractivity contribution in [2.45, 2.75) is 39.2 Å². The van der Waals surface area contributed by atoms with Crippen LogP contribution in [0.3, 0.4) is 0 Å². The van der Waals surface area contributed by atoms with Crippen molar-refractivity contribution in [1.29, 1.82) is 0 Å². The molecule has 1 aliphatic carbocycles. The highest BCUT2D eigenvalue weighted by molar-refractivity contribution is 5.90. The average Bonchev–Trinajstić information content (AvgIpc) is 2.50. The maximum absolute atomic E-state index is 11.9. The molecule has 0 radical (unpaired) electrons. The van der Waals surface area contributed by atoms with Gasteiger partial charge >= 0.3 is 5.97 Å². The number of hydrogen-bond donors (Lipinski definition) is 2. The van der Waals surface area contributed by atoms with Gasteiger partial charge in [0.1, 0.15) is 5.56 Å². The number of nitrogens with one attached hydrogen (secondary N) is 2. The molecule has 0 unspecified atom stereocenters. The number of aromatic amines is 1. The molecular weight excluding hydrogens is 284 g/mol. The third-order valence-electron chi connectivity index (χ3n) is 4.43. The van der Waals surface area contributed by atoms with E-state index in [1.54, 1.807) is 0 Å². The minimum absolute atomic E-state index is 0.102. The minimum Gasteiger partial charge on any atom is -0.452 e. The van der Waals surface area contributed by atoms with Crippen LogP contribution >= 0.6 is 0 Å². The number of carbonyl (C=O) groups excluding carboxylic acids is 2. The number of rotatable bonds is 4. The summed E-state index contributed by atoms with van der Waals surface area (Å²) in [6.07, 6.45) is 4.65. The molecule has 2 N–H and O–H groups in total. The fraction of sp³-hybridized carbons (Fsp3) is 0.562. The highest BCUT2D eigenvalue weighted by Gasteiger charge is 2.28. The minimum atomic E-state index is -0.790. The van der Waals surface area contributed by atoms with Crippen LogP contribution in [0.4, 0.5) is 0 Å². The molecule has 2 rings (SSSR count). The number of H-pyrrole nitrogens is 1. The number of aromatic nitrogens is 1. The second kappa shape index (κ2) is 7.24. The van der Waals surface area contributed by atoms with E-state index in [0.29, 0.717) is 11.8 Å². The van der Waals surface area contributed by atoms with Crippen LogP contribution in [0.2, 0.25) is 0 Å². The first-order valence-electron chi connectivity index (χ1n) is 7.63. The third-order valence-corrected chi connectivity index (χ3v) is 4.43. The summed E-state index contributed by atoms with van der Waals surface area (Å²) in [4.78, 5) is 37.5. The molecular formula is C16H22N2O4. The molecule has 1 amide bonds. The van der Waals surface area contributed by atoms with Gasteiger partial charge in [-0.3, -0.25) is 9.59 Å². The standard InChI is InChI=1S/C16H22N2O4/c1-10-5-3-7-13(11(10)2)18-14(19)9-22-16(21)12-6-4-8-17-15(12)20/h4,6,8,10-11,13H,3,5,7,9H2,1-2H3,(H,17,20)(H,18,19)/t10-,11-,13+/m1/s1. The van der Waals surface area contributed by atoms with E-state index in [1.807, 2.05) is 0 Å². The molecule has 1 fully saturated rings. The SMILES string of the molecule is C[C@@H]1[C@H](C)CCC[C@@H]1NC(=O)COC(=O)c1ccc[nH]c1=O. The molecule has 0 aliphatic heterocycles. The monoisotopic (exact) mass is 306 g/mol. The Labute approximate surface area is 129 Å². The van der Waals surface area contributed by atoms with Gasteiger partial charge in [-0.15, -0.1) is 0 Å². The molecule has 1 saturated carbocycles. The number of hydrogen-bond acceptors (Lipinski definition) is 4. The lowest BCUT2D eigenvalue weighted by molar-refractivity contribution is -0.125. The van der Waals surface area contributed by atoms with Gasteiger partial charge in [-0.1, -0.05) is 26.7 Å². The lowest BCUT2D eigenvalue weighted by Gasteiger charge is -2.34. The van der Waals surface area contributed by atoms with Crippen molar-refractivity contribution >= 4 is 11.9 Å². The van der Waals surface area contributed by atoms with Crippen LogP contribution in [-0.4, -0.2) is 29.5 Å². The van der Waals surface area contributed by atoms with E-state index in [2.05, 4.69) is 24.1 Å². The molecule has 0 saturated heterocycles. The third kappa shape index (κ3) is 3.96. The first kappa shape index (κ1) is 16.3. The van der Waals surface area contributed by atoms with Crippen molar-refractivity contribution < 1.29 is 14.3 Å². The average molecular weight is 306 g/mol. The summed E-state index contributed by atoms with van der Waals surface area (Å²) in [6.45, 7) is 3.94. The number of esters is 1. The summed E-state index contributed by atoms with van der Waals surface area (Å²) < 4.78 is 4.90. The zero-order valence-electron chi connectivity index (χ0n) is 12.9. The molecule has 0 bridgehead atoms. The molecule has 3 atom stereocenters. The van der Waals surface area contributed by atoms with Crippen molar-refractivity contribution in [3.05, 3.63) is 34.2 Å². The van der Waals surface area contributed by atoms with E-state index in [9.17, 15) is 14.4 Å². The Kier molecular flexibility index (Phi) is 5.35. The molecule has 1 aliphatic rings. The largest absolute Gasteiger partial charge is 0.452 e. The van der Waals surface area contributed by atoms with Crippen molar-refractivity contribution in [2.75, 3.05) is 6.61 Å². The van der Waals surface area contributed by atoms with Gasteiger partial charge in [0, 0.05) is 12.2 Å². The van der Waals surface area contributed by atoms with Gasteiger partial charge in [-0.05, 0) is 30.4 Å². The Morgan fingerprint density at radius 2 is 2.14 bits per heavy atom. The number of pyridine rings is 1. The Hall–Kier alpha value is -2.11. The molecule has 120 valence electrons. The Morgan fingerprint density at radius 1 is 1.36 bits per heavy atom. The van der Waals surface area contributed by atoms with Gasteiger partial charge in [-0.25, -0.2) is 4.79 Å². The maximum atomic E-state index is 11.9. The highest BCUT2D eigenvalue weighted by Crippen LogP contribution is 2.29. The topological polar surface area (TPSA) is 88.3 Å². The summed E-state index contributed by atoms with van der Waals surface area (Å²) in [5, 5.41) is 2.92. The smallest absolute Gasteiger partial charge is 0.344 e. The Balaban J connectivity index is 1.84. The van der Waals surface area contributed by atoms with E-state index in [1.165, 1.54) is 24.8 Å². The van der Waals surface area contributed by atoms with Gasteiger partial charge in [-0.2, -0.15) is 0 Å². The molecule has 1 aromatic heterocycles.